The second kappa shape index (κ2) is 6.08. The molecule has 4 heteroatoms. The van der Waals surface area contributed by atoms with Gasteiger partial charge in [0.15, 0.2) is 6.29 Å². The second-order valence-corrected chi connectivity index (χ2v) is 4.96. The standard InChI is InChI=1S/C17H16O4/c18-16(19)9-17-20-10-12-5-1-3-7-14(12)15-8-4-2-6-13(15)11-21-17/h1-8,17H,9-11H2,(H,18,19). The van der Waals surface area contributed by atoms with E-state index in [9.17, 15) is 4.79 Å². The zero-order valence-electron chi connectivity index (χ0n) is 11.5. The molecular weight excluding hydrogens is 268 g/mol. The number of fused-ring (bicyclic) bond motifs is 3. The lowest BCUT2D eigenvalue weighted by atomic mass is 9.96. The summed E-state index contributed by atoms with van der Waals surface area (Å²) in [6, 6.07) is 16.0. The number of carbonyl (C=O) groups is 1. The molecule has 0 unspecified atom stereocenters. The average Bonchev–Trinajstić information content (AvgIpc) is 2.56. The van der Waals surface area contributed by atoms with Crippen LogP contribution >= 0.6 is 0 Å². The maximum Gasteiger partial charge on any atom is 0.308 e. The fraction of sp³-hybridized carbons (Fsp3) is 0.235. The predicted octanol–water partition coefficient (Wildman–Crippen LogP) is 3.20. The van der Waals surface area contributed by atoms with Gasteiger partial charge in [-0.3, -0.25) is 4.79 Å². The lowest BCUT2D eigenvalue weighted by Crippen LogP contribution is -2.20. The molecule has 3 rings (SSSR count). The molecule has 0 aromatic heterocycles. The van der Waals surface area contributed by atoms with Crippen LogP contribution in [0.2, 0.25) is 0 Å². The van der Waals surface area contributed by atoms with E-state index in [2.05, 4.69) is 12.1 Å². The number of ether oxygens (including phenoxy) is 2. The number of hydrogen-bond donors (Lipinski definition) is 1. The predicted molar refractivity (Wildman–Crippen MR) is 77.5 cm³/mol. The van der Waals surface area contributed by atoms with Crippen LogP contribution in [0.5, 0.6) is 0 Å². The Hall–Kier alpha value is -2.17. The van der Waals surface area contributed by atoms with Crippen molar-refractivity contribution < 1.29 is 19.4 Å². The smallest absolute Gasteiger partial charge is 0.308 e. The first-order valence-electron chi connectivity index (χ1n) is 6.85. The van der Waals surface area contributed by atoms with Crippen molar-refractivity contribution in [1.82, 2.24) is 0 Å². The average molecular weight is 284 g/mol. The number of rotatable bonds is 2. The first-order valence-corrected chi connectivity index (χ1v) is 6.85. The Morgan fingerprint density at radius 2 is 1.43 bits per heavy atom. The Bertz CT molecular complexity index is 601. The van der Waals surface area contributed by atoms with Crippen molar-refractivity contribution in [2.75, 3.05) is 0 Å². The number of aliphatic carboxylic acids is 1. The Kier molecular flexibility index (Phi) is 3.99. The first kappa shape index (κ1) is 13.8. The van der Waals surface area contributed by atoms with Gasteiger partial charge < -0.3 is 14.6 Å². The Balaban J connectivity index is 2.00. The van der Waals surface area contributed by atoms with Crippen molar-refractivity contribution in [2.45, 2.75) is 25.9 Å². The van der Waals surface area contributed by atoms with E-state index in [1.54, 1.807) is 0 Å². The van der Waals surface area contributed by atoms with E-state index in [1.807, 2.05) is 36.4 Å². The maximum atomic E-state index is 10.9. The van der Waals surface area contributed by atoms with E-state index in [-0.39, 0.29) is 6.42 Å². The van der Waals surface area contributed by atoms with Gasteiger partial charge >= 0.3 is 5.97 Å². The topological polar surface area (TPSA) is 55.8 Å². The fourth-order valence-corrected chi connectivity index (χ4v) is 2.49. The molecule has 0 spiro atoms. The summed E-state index contributed by atoms with van der Waals surface area (Å²) < 4.78 is 11.3. The molecule has 2 aromatic carbocycles. The highest BCUT2D eigenvalue weighted by Crippen LogP contribution is 2.30. The molecule has 0 aliphatic carbocycles. The summed E-state index contributed by atoms with van der Waals surface area (Å²) in [5.74, 6) is -0.930. The lowest BCUT2D eigenvalue weighted by molar-refractivity contribution is -0.174. The molecule has 0 bridgehead atoms. The van der Waals surface area contributed by atoms with E-state index in [0.29, 0.717) is 13.2 Å². The normalized spacial score (nSPS) is 15.2. The molecule has 2 aromatic rings. The minimum absolute atomic E-state index is 0.162. The summed E-state index contributed by atoms with van der Waals surface area (Å²) >= 11 is 0. The van der Waals surface area contributed by atoms with E-state index in [1.165, 1.54) is 0 Å². The van der Waals surface area contributed by atoms with Gasteiger partial charge in [-0.25, -0.2) is 0 Å². The molecule has 4 nitrogen and oxygen atoms in total. The van der Waals surface area contributed by atoms with Gasteiger partial charge in [0.1, 0.15) is 0 Å². The first-order chi connectivity index (χ1) is 10.2. The highest BCUT2D eigenvalue weighted by molar-refractivity contribution is 5.70. The zero-order chi connectivity index (χ0) is 14.7. The van der Waals surface area contributed by atoms with Gasteiger partial charge in [-0.2, -0.15) is 0 Å². The Labute approximate surface area is 122 Å². The molecule has 0 amide bonds. The molecule has 0 saturated carbocycles. The van der Waals surface area contributed by atoms with Gasteiger partial charge in [0.25, 0.3) is 0 Å². The van der Waals surface area contributed by atoms with Crippen LogP contribution in [0.4, 0.5) is 0 Å². The third kappa shape index (κ3) is 3.12. The van der Waals surface area contributed by atoms with Gasteiger partial charge in [0, 0.05) is 0 Å². The van der Waals surface area contributed by atoms with Crippen LogP contribution < -0.4 is 0 Å². The summed E-state index contributed by atoms with van der Waals surface area (Å²) in [6.45, 7) is 0.672. The molecule has 0 radical (unpaired) electrons. The summed E-state index contributed by atoms with van der Waals surface area (Å²) in [7, 11) is 0. The molecule has 0 atom stereocenters. The quantitative estimate of drug-likeness (QED) is 0.920. The van der Waals surface area contributed by atoms with Gasteiger partial charge in [-0.15, -0.1) is 0 Å². The van der Waals surface area contributed by atoms with Crippen molar-refractivity contribution >= 4 is 5.97 Å². The van der Waals surface area contributed by atoms with Gasteiger partial charge in [0.05, 0.1) is 19.6 Å². The zero-order valence-corrected chi connectivity index (χ0v) is 11.5. The van der Waals surface area contributed by atoms with Crippen molar-refractivity contribution in [3.8, 4) is 11.1 Å². The third-order valence-electron chi connectivity index (χ3n) is 3.52. The van der Waals surface area contributed by atoms with Crippen LogP contribution in [-0.2, 0) is 27.5 Å². The minimum Gasteiger partial charge on any atom is -0.481 e. The second-order valence-electron chi connectivity index (χ2n) is 4.96. The largest absolute Gasteiger partial charge is 0.481 e. The number of carboxylic acids is 1. The monoisotopic (exact) mass is 284 g/mol. The lowest BCUT2D eigenvalue weighted by Gasteiger charge is -2.16. The molecule has 21 heavy (non-hydrogen) atoms. The van der Waals surface area contributed by atoms with Crippen LogP contribution in [0.1, 0.15) is 17.5 Å². The van der Waals surface area contributed by atoms with E-state index >= 15 is 0 Å². The third-order valence-corrected chi connectivity index (χ3v) is 3.52. The number of benzene rings is 2. The SMILES string of the molecule is O=C(O)CC1OCc2ccccc2-c2ccccc2CO1. The van der Waals surface area contributed by atoms with Gasteiger partial charge in [-0.1, -0.05) is 48.5 Å². The Morgan fingerprint density at radius 1 is 0.952 bits per heavy atom. The Morgan fingerprint density at radius 3 is 1.90 bits per heavy atom. The van der Waals surface area contributed by atoms with E-state index in [4.69, 9.17) is 14.6 Å². The van der Waals surface area contributed by atoms with Crippen molar-refractivity contribution in [2.24, 2.45) is 0 Å². The van der Waals surface area contributed by atoms with Crippen LogP contribution in [0.3, 0.4) is 0 Å². The molecule has 1 N–H and O–H groups in total. The van der Waals surface area contributed by atoms with Crippen molar-refractivity contribution in [1.29, 1.82) is 0 Å². The molecule has 108 valence electrons. The number of hydrogen-bond acceptors (Lipinski definition) is 3. The van der Waals surface area contributed by atoms with E-state index < -0.39 is 12.3 Å². The molecule has 1 aliphatic heterocycles. The summed E-state index contributed by atoms with van der Waals surface area (Å²) in [4.78, 5) is 10.9. The summed E-state index contributed by atoms with van der Waals surface area (Å²) in [5, 5.41) is 8.93. The van der Waals surface area contributed by atoms with Crippen LogP contribution in [0.25, 0.3) is 11.1 Å². The van der Waals surface area contributed by atoms with Crippen LogP contribution in [0.15, 0.2) is 48.5 Å². The fourth-order valence-electron chi connectivity index (χ4n) is 2.49. The van der Waals surface area contributed by atoms with Gasteiger partial charge in [-0.05, 0) is 22.3 Å². The molecular formula is C17H16O4. The van der Waals surface area contributed by atoms with E-state index in [0.717, 1.165) is 22.3 Å². The highest BCUT2D eigenvalue weighted by atomic mass is 16.7. The van der Waals surface area contributed by atoms with Gasteiger partial charge in [0.2, 0.25) is 0 Å². The van der Waals surface area contributed by atoms with Crippen LogP contribution in [-0.4, -0.2) is 17.4 Å². The van der Waals surface area contributed by atoms with Crippen molar-refractivity contribution in [3.05, 3.63) is 59.7 Å². The van der Waals surface area contributed by atoms with Crippen molar-refractivity contribution in [3.63, 3.8) is 0 Å². The minimum atomic E-state index is -0.930. The highest BCUT2D eigenvalue weighted by Gasteiger charge is 2.19. The number of carboxylic acid groups (broad SMARTS) is 1. The summed E-state index contributed by atoms with van der Waals surface area (Å²) in [5.41, 5.74) is 4.28. The molecule has 0 fully saturated rings. The molecule has 0 saturated heterocycles. The maximum absolute atomic E-state index is 10.9. The molecule has 1 heterocycles. The van der Waals surface area contributed by atoms with Crippen LogP contribution in [0, 0.1) is 0 Å². The summed E-state index contributed by atoms with van der Waals surface area (Å²) in [6.07, 6.45) is -0.897. The molecule has 1 aliphatic rings.